The van der Waals surface area contributed by atoms with Crippen molar-refractivity contribution in [3.63, 3.8) is 0 Å². The molecule has 0 aliphatic carbocycles. The Balaban J connectivity index is 1.93. The van der Waals surface area contributed by atoms with Gasteiger partial charge in [-0.05, 0) is 32.0 Å². The molecule has 2 aromatic rings. The highest BCUT2D eigenvalue weighted by atomic mass is 16.5. The van der Waals surface area contributed by atoms with Gasteiger partial charge < -0.3 is 14.6 Å². The Labute approximate surface area is 126 Å². The standard InChI is InChI=1S/C16H24N4O/c1-4-8-17-12-14-15(6-5-13(2)19-14)21-11-7-16-18-9-10-20(16)3/h5-6,9-10,17H,4,7-8,11-12H2,1-3H3. The highest BCUT2D eigenvalue weighted by Gasteiger charge is 2.07. The number of nitrogens with one attached hydrogen (secondary N) is 1. The van der Waals surface area contributed by atoms with Crippen LogP contribution in [-0.2, 0) is 20.0 Å². The zero-order valence-corrected chi connectivity index (χ0v) is 13.1. The normalized spacial score (nSPS) is 10.8. The highest BCUT2D eigenvalue weighted by molar-refractivity contribution is 5.29. The van der Waals surface area contributed by atoms with Crippen molar-refractivity contribution in [1.82, 2.24) is 19.9 Å². The van der Waals surface area contributed by atoms with Crippen LogP contribution in [0.1, 0.15) is 30.6 Å². The molecular weight excluding hydrogens is 264 g/mol. The lowest BCUT2D eigenvalue weighted by Crippen LogP contribution is -2.16. The van der Waals surface area contributed by atoms with E-state index in [0.29, 0.717) is 6.61 Å². The zero-order valence-electron chi connectivity index (χ0n) is 13.1. The lowest BCUT2D eigenvalue weighted by Gasteiger charge is -2.12. The Kier molecular flexibility index (Phi) is 5.75. The Morgan fingerprint density at radius 3 is 2.90 bits per heavy atom. The van der Waals surface area contributed by atoms with Gasteiger partial charge >= 0.3 is 0 Å². The molecule has 0 bridgehead atoms. The van der Waals surface area contributed by atoms with Crippen LogP contribution in [0.5, 0.6) is 5.75 Å². The van der Waals surface area contributed by atoms with Crippen LogP contribution in [-0.4, -0.2) is 27.7 Å². The third-order valence-corrected chi connectivity index (χ3v) is 3.30. The maximum absolute atomic E-state index is 5.90. The predicted octanol–water partition coefficient (Wildman–Crippen LogP) is 2.24. The molecule has 0 aromatic carbocycles. The Morgan fingerprint density at radius 1 is 1.33 bits per heavy atom. The van der Waals surface area contributed by atoms with E-state index in [-0.39, 0.29) is 0 Å². The fourth-order valence-electron chi connectivity index (χ4n) is 2.13. The number of aromatic nitrogens is 3. The molecule has 1 N–H and O–H groups in total. The highest BCUT2D eigenvalue weighted by Crippen LogP contribution is 2.17. The van der Waals surface area contributed by atoms with Gasteiger partial charge in [0, 0.05) is 38.1 Å². The molecule has 5 heteroatoms. The number of nitrogens with zero attached hydrogens (tertiary/aromatic N) is 3. The summed E-state index contributed by atoms with van der Waals surface area (Å²) < 4.78 is 7.91. The quantitative estimate of drug-likeness (QED) is 0.757. The first-order chi connectivity index (χ1) is 10.2. The third-order valence-electron chi connectivity index (χ3n) is 3.30. The van der Waals surface area contributed by atoms with E-state index in [9.17, 15) is 0 Å². The first kappa shape index (κ1) is 15.5. The van der Waals surface area contributed by atoms with Crippen molar-refractivity contribution in [2.75, 3.05) is 13.2 Å². The molecular formula is C16H24N4O. The molecule has 2 heterocycles. The molecule has 5 nitrogen and oxygen atoms in total. The van der Waals surface area contributed by atoms with Gasteiger partial charge in [-0.25, -0.2) is 4.98 Å². The van der Waals surface area contributed by atoms with Crippen LogP contribution in [0, 0.1) is 6.92 Å². The lowest BCUT2D eigenvalue weighted by atomic mass is 10.2. The zero-order chi connectivity index (χ0) is 15.1. The fourth-order valence-corrected chi connectivity index (χ4v) is 2.13. The molecule has 0 unspecified atom stereocenters. The monoisotopic (exact) mass is 288 g/mol. The summed E-state index contributed by atoms with van der Waals surface area (Å²) in [6.45, 7) is 6.49. The molecule has 0 spiro atoms. The van der Waals surface area contributed by atoms with Gasteiger partial charge in [-0.2, -0.15) is 0 Å². The van der Waals surface area contributed by atoms with Crippen molar-refractivity contribution in [3.05, 3.63) is 41.7 Å². The van der Waals surface area contributed by atoms with Gasteiger partial charge in [0.2, 0.25) is 0 Å². The molecule has 0 atom stereocenters. The minimum atomic E-state index is 0.608. The summed E-state index contributed by atoms with van der Waals surface area (Å²) in [6.07, 6.45) is 5.66. The summed E-state index contributed by atoms with van der Waals surface area (Å²) in [5.74, 6) is 1.89. The summed E-state index contributed by atoms with van der Waals surface area (Å²) >= 11 is 0. The van der Waals surface area contributed by atoms with Crippen molar-refractivity contribution in [3.8, 4) is 5.75 Å². The van der Waals surface area contributed by atoms with Crippen LogP contribution in [0.25, 0.3) is 0 Å². The minimum Gasteiger partial charge on any atom is -0.491 e. The van der Waals surface area contributed by atoms with Gasteiger partial charge in [0.25, 0.3) is 0 Å². The van der Waals surface area contributed by atoms with Gasteiger partial charge in [-0.1, -0.05) is 6.92 Å². The topological polar surface area (TPSA) is 52.0 Å². The molecule has 0 saturated carbocycles. The number of hydrogen-bond donors (Lipinski definition) is 1. The van der Waals surface area contributed by atoms with Gasteiger partial charge in [-0.3, -0.25) is 4.98 Å². The number of aryl methyl sites for hydroxylation is 2. The third kappa shape index (κ3) is 4.56. The largest absolute Gasteiger partial charge is 0.491 e. The number of ether oxygens (including phenoxy) is 1. The van der Waals surface area contributed by atoms with Crippen molar-refractivity contribution in [2.45, 2.75) is 33.2 Å². The Morgan fingerprint density at radius 2 is 2.19 bits per heavy atom. The average Bonchev–Trinajstić information content (AvgIpc) is 2.87. The first-order valence-electron chi connectivity index (χ1n) is 7.47. The molecule has 2 aromatic heterocycles. The van der Waals surface area contributed by atoms with E-state index in [0.717, 1.165) is 48.9 Å². The van der Waals surface area contributed by atoms with Gasteiger partial charge in [0.1, 0.15) is 11.6 Å². The maximum atomic E-state index is 5.90. The second-order valence-electron chi connectivity index (χ2n) is 5.13. The van der Waals surface area contributed by atoms with E-state index in [1.165, 1.54) is 0 Å². The molecule has 0 radical (unpaired) electrons. The average molecular weight is 288 g/mol. The number of pyridine rings is 1. The van der Waals surface area contributed by atoms with Crippen LogP contribution < -0.4 is 10.1 Å². The van der Waals surface area contributed by atoms with Crippen LogP contribution >= 0.6 is 0 Å². The second-order valence-corrected chi connectivity index (χ2v) is 5.13. The van der Waals surface area contributed by atoms with Gasteiger partial charge in [0.15, 0.2) is 0 Å². The van der Waals surface area contributed by atoms with E-state index in [1.54, 1.807) is 0 Å². The second kappa shape index (κ2) is 7.78. The number of rotatable bonds is 8. The summed E-state index contributed by atoms with van der Waals surface area (Å²) in [5, 5.41) is 3.37. The van der Waals surface area contributed by atoms with Crippen LogP contribution in [0.3, 0.4) is 0 Å². The molecule has 0 saturated heterocycles. The van der Waals surface area contributed by atoms with Crippen molar-refractivity contribution < 1.29 is 4.74 Å². The van der Waals surface area contributed by atoms with Crippen LogP contribution in [0.2, 0.25) is 0 Å². The molecule has 0 fully saturated rings. The smallest absolute Gasteiger partial charge is 0.142 e. The molecule has 0 aliphatic rings. The molecule has 21 heavy (non-hydrogen) atoms. The number of hydrogen-bond acceptors (Lipinski definition) is 4. The summed E-state index contributed by atoms with van der Waals surface area (Å²) in [5.41, 5.74) is 1.99. The maximum Gasteiger partial charge on any atom is 0.142 e. The van der Waals surface area contributed by atoms with Crippen molar-refractivity contribution >= 4 is 0 Å². The fraction of sp³-hybridized carbons (Fsp3) is 0.500. The van der Waals surface area contributed by atoms with Crippen molar-refractivity contribution in [2.24, 2.45) is 7.05 Å². The van der Waals surface area contributed by atoms with Gasteiger partial charge in [-0.15, -0.1) is 0 Å². The van der Waals surface area contributed by atoms with E-state index >= 15 is 0 Å². The SMILES string of the molecule is CCCNCc1nc(C)ccc1OCCc1nccn1C. The Hall–Kier alpha value is -1.88. The lowest BCUT2D eigenvalue weighted by molar-refractivity contribution is 0.311. The summed E-state index contributed by atoms with van der Waals surface area (Å²) in [6, 6.07) is 3.99. The van der Waals surface area contributed by atoms with E-state index < -0.39 is 0 Å². The predicted molar refractivity (Wildman–Crippen MR) is 83.4 cm³/mol. The summed E-state index contributed by atoms with van der Waals surface area (Å²) in [4.78, 5) is 8.87. The number of imidazole rings is 1. The van der Waals surface area contributed by atoms with E-state index in [2.05, 4.69) is 22.2 Å². The van der Waals surface area contributed by atoms with Crippen molar-refractivity contribution in [1.29, 1.82) is 0 Å². The molecule has 0 aliphatic heterocycles. The molecule has 114 valence electrons. The van der Waals surface area contributed by atoms with Crippen LogP contribution in [0.15, 0.2) is 24.5 Å². The van der Waals surface area contributed by atoms with Crippen LogP contribution in [0.4, 0.5) is 0 Å². The first-order valence-corrected chi connectivity index (χ1v) is 7.47. The van der Waals surface area contributed by atoms with E-state index in [1.807, 2.05) is 43.1 Å². The van der Waals surface area contributed by atoms with E-state index in [4.69, 9.17) is 4.74 Å². The molecule has 0 amide bonds. The molecule has 2 rings (SSSR count). The summed E-state index contributed by atoms with van der Waals surface area (Å²) in [7, 11) is 2.00. The van der Waals surface area contributed by atoms with Gasteiger partial charge in [0.05, 0.1) is 12.3 Å². The minimum absolute atomic E-state index is 0.608. The Bertz CT molecular complexity index is 565.